The van der Waals surface area contributed by atoms with E-state index in [9.17, 15) is 9.59 Å². The Morgan fingerprint density at radius 3 is 1.38 bits per heavy atom. The molecule has 3 rings (SSSR count). The summed E-state index contributed by atoms with van der Waals surface area (Å²) in [5, 5.41) is 3.67. The van der Waals surface area contributed by atoms with Gasteiger partial charge in [-0.1, -0.05) is 91.0 Å². The molecular formula is C32H39NO4. The van der Waals surface area contributed by atoms with Crippen LogP contribution in [0, 0.1) is 0 Å². The van der Waals surface area contributed by atoms with Gasteiger partial charge in [0.05, 0.1) is 5.54 Å². The highest BCUT2D eigenvalue weighted by atomic mass is 16.6. The van der Waals surface area contributed by atoms with Crippen molar-refractivity contribution in [2.24, 2.45) is 0 Å². The second-order valence-electron chi connectivity index (χ2n) is 11.2. The van der Waals surface area contributed by atoms with Gasteiger partial charge in [-0.25, -0.2) is 0 Å². The van der Waals surface area contributed by atoms with E-state index in [0.29, 0.717) is 0 Å². The molecular weight excluding hydrogens is 462 g/mol. The highest BCUT2D eigenvalue weighted by Crippen LogP contribution is 2.38. The second kappa shape index (κ2) is 11.7. The van der Waals surface area contributed by atoms with E-state index in [1.54, 1.807) is 0 Å². The molecule has 1 unspecified atom stereocenters. The third-order valence-corrected chi connectivity index (χ3v) is 5.76. The molecule has 0 aliphatic heterocycles. The minimum Gasteiger partial charge on any atom is -0.460 e. The Kier molecular flexibility index (Phi) is 8.93. The molecule has 1 N–H and O–H groups in total. The van der Waals surface area contributed by atoms with Gasteiger partial charge >= 0.3 is 11.9 Å². The Hall–Kier alpha value is -3.44. The Morgan fingerprint density at radius 2 is 1.03 bits per heavy atom. The van der Waals surface area contributed by atoms with Gasteiger partial charge in [0, 0.05) is 6.42 Å². The van der Waals surface area contributed by atoms with Gasteiger partial charge in [0.25, 0.3) is 0 Å². The van der Waals surface area contributed by atoms with E-state index in [1.165, 1.54) is 0 Å². The van der Waals surface area contributed by atoms with Gasteiger partial charge in [0.1, 0.15) is 17.2 Å². The van der Waals surface area contributed by atoms with Crippen LogP contribution in [0.5, 0.6) is 0 Å². The normalized spacial score (nSPS) is 13.0. The number of hydrogen-bond acceptors (Lipinski definition) is 5. The van der Waals surface area contributed by atoms with Crippen molar-refractivity contribution in [3.05, 3.63) is 108 Å². The Labute approximate surface area is 221 Å². The zero-order valence-electron chi connectivity index (χ0n) is 22.8. The molecule has 0 bridgehead atoms. The van der Waals surface area contributed by atoms with Gasteiger partial charge < -0.3 is 9.47 Å². The van der Waals surface area contributed by atoms with Gasteiger partial charge in [-0.15, -0.1) is 0 Å². The molecule has 5 heteroatoms. The molecule has 196 valence electrons. The van der Waals surface area contributed by atoms with Crippen LogP contribution in [0.15, 0.2) is 91.0 Å². The lowest BCUT2D eigenvalue weighted by Gasteiger charge is -2.40. The predicted octanol–water partition coefficient (Wildman–Crippen LogP) is 6.40. The zero-order valence-corrected chi connectivity index (χ0v) is 22.8. The summed E-state index contributed by atoms with van der Waals surface area (Å²) >= 11 is 0. The van der Waals surface area contributed by atoms with E-state index in [0.717, 1.165) is 16.7 Å². The first kappa shape index (κ1) is 28.1. The number of ether oxygens (including phenoxy) is 2. The molecule has 0 amide bonds. The van der Waals surface area contributed by atoms with Gasteiger partial charge in [-0.2, -0.15) is 0 Å². The lowest BCUT2D eigenvalue weighted by atomic mass is 9.76. The van der Waals surface area contributed by atoms with Crippen LogP contribution >= 0.6 is 0 Å². The van der Waals surface area contributed by atoms with E-state index >= 15 is 0 Å². The van der Waals surface area contributed by atoms with Crippen molar-refractivity contribution in [1.82, 2.24) is 5.32 Å². The Morgan fingerprint density at radius 1 is 0.649 bits per heavy atom. The lowest BCUT2D eigenvalue weighted by Crippen LogP contribution is -2.54. The molecule has 37 heavy (non-hydrogen) atoms. The van der Waals surface area contributed by atoms with Gasteiger partial charge in [-0.3, -0.25) is 14.9 Å². The zero-order chi connectivity index (χ0) is 27.1. The van der Waals surface area contributed by atoms with E-state index in [4.69, 9.17) is 9.47 Å². The van der Waals surface area contributed by atoms with Crippen LogP contribution in [0.25, 0.3) is 0 Å². The molecule has 0 fully saturated rings. The molecule has 3 aromatic carbocycles. The van der Waals surface area contributed by atoms with Crippen molar-refractivity contribution < 1.29 is 19.1 Å². The summed E-state index contributed by atoms with van der Waals surface area (Å²) < 4.78 is 11.4. The smallest absolute Gasteiger partial charge is 0.323 e. The van der Waals surface area contributed by atoms with Crippen LogP contribution in [0.4, 0.5) is 0 Å². The van der Waals surface area contributed by atoms with Crippen LogP contribution in [0.2, 0.25) is 0 Å². The van der Waals surface area contributed by atoms with Crippen LogP contribution < -0.4 is 5.32 Å². The number of esters is 2. The topological polar surface area (TPSA) is 64.6 Å². The maximum atomic E-state index is 13.6. The average Bonchev–Trinajstić information content (AvgIpc) is 2.84. The number of nitrogens with one attached hydrogen (secondary N) is 1. The third kappa shape index (κ3) is 7.77. The maximum absolute atomic E-state index is 13.6. The van der Waals surface area contributed by atoms with Gasteiger partial charge in [0.2, 0.25) is 0 Å². The molecule has 0 aromatic heterocycles. The lowest BCUT2D eigenvalue weighted by molar-refractivity contribution is -0.159. The highest BCUT2D eigenvalue weighted by Gasteiger charge is 2.41. The molecule has 0 aliphatic rings. The first-order valence-corrected chi connectivity index (χ1v) is 12.8. The maximum Gasteiger partial charge on any atom is 0.323 e. The van der Waals surface area contributed by atoms with Crippen molar-refractivity contribution in [3.8, 4) is 0 Å². The van der Waals surface area contributed by atoms with E-state index in [-0.39, 0.29) is 18.8 Å². The summed E-state index contributed by atoms with van der Waals surface area (Å²) in [6.07, 6.45) is 0.292. The monoisotopic (exact) mass is 501 g/mol. The van der Waals surface area contributed by atoms with Crippen LogP contribution in [-0.2, 0) is 24.6 Å². The summed E-state index contributed by atoms with van der Waals surface area (Å²) in [5.41, 5.74) is 0.750. The molecule has 0 spiro atoms. The number of carbonyl (C=O) groups is 2. The number of hydrogen-bond donors (Lipinski definition) is 1. The molecule has 0 heterocycles. The van der Waals surface area contributed by atoms with Crippen LogP contribution in [0.3, 0.4) is 0 Å². The molecule has 0 saturated carbocycles. The van der Waals surface area contributed by atoms with E-state index < -0.39 is 28.8 Å². The fourth-order valence-electron chi connectivity index (χ4n) is 4.35. The number of carbonyl (C=O) groups excluding carboxylic acids is 2. The molecule has 1 atom stereocenters. The molecule has 0 radical (unpaired) electrons. The highest BCUT2D eigenvalue weighted by molar-refractivity contribution is 5.78. The van der Waals surface area contributed by atoms with E-state index in [2.05, 4.69) is 5.32 Å². The largest absolute Gasteiger partial charge is 0.460 e. The summed E-state index contributed by atoms with van der Waals surface area (Å²) in [4.78, 5) is 26.2. The van der Waals surface area contributed by atoms with Crippen LogP contribution in [-0.4, -0.2) is 29.2 Å². The Balaban J connectivity index is 2.13. The van der Waals surface area contributed by atoms with Crippen molar-refractivity contribution in [1.29, 1.82) is 0 Å². The molecule has 0 saturated heterocycles. The molecule has 0 aliphatic carbocycles. The first-order valence-electron chi connectivity index (χ1n) is 12.8. The fraction of sp³-hybridized carbons (Fsp3) is 0.375. The van der Waals surface area contributed by atoms with Gasteiger partial charge in [-0.05, 0) is 64.7 Å². The SMILES string of the molecule is CC(C)(C)OC(=O)CCC(NC(c1ccccc1)(c1ccccc1)c1ccccc1)C(=O)OC(C)(C)C. The summed E-state index contributed by atoms with van der Waals surface area (Å²) in [5.74, 6) is -0.768. The van der Waals surface area contributed by atoms with Gasteiger partial charge in [0.15, 0.2) is 0 Å². The predicted molar refractivity (Wildman–Crippen MR) is 147 cm³/mol. The van der Waals surface area contributed by atoms with Crippen molar-refractivity contribution >= 4 is 11.9 Å². The van der Waals surface area contributed by atoms with E-state index in [1.807, 2.05) is 133 Å². The summed E-state index contributed by atoms with van der Waals surface area (Å²) in [6, 6.07) is 29.3. The minimum absolute atomic E-state index is 0.0721. The Bertz CT molecular complexity index is 1050. The standard InChI is InChI=1S/C32H39NO4/c1-30(2,3)36-28(34)23-22-27(29(35)37-31(4,5)6)33-32(24-16-10-7-11-17-24,25-18-12-8-13-19-25)26-20-14-9-15-21-26/h7-21,27,33H,22-23H2,1-6H3. The van der Waals surface area contributed by atoms with Crippen molar-refractivity contribution in [2.45, 2.75) is 77.2 Å². The number of rotatable bonds is 9. The van der Waals surface area contributed by atoms with Crippen molar-refractivity contribution in [3.63, 3.8) is 0 Å². The average molecular weight is 502 g/mol. The minimum atomic E-state index is -0.876. The molecule has 3 aromatic rings. The number of benzene rings is 3. The van der Waals surface area contributed by atoms with Crippen LogP contribution in [0.1, 0.15) is 71.1 Å². The summed E-state index contributed by atoms with van der Waals surface area (Å²) in [6.45, 7) is 11.0. The quantitative estimate of drug-likeness (QED) is 0.271. The second-order valence-corrected chi connectivity index (χ2v) is 11.2. The first-order chi connectivity index (χ1) is 17.4. The molecule has 5 nitrogen and oxygen atoms in total. The van der Waals surface area contributed by atoms with Crippen molar-refractivity contribution in [2.75, 3.05) is 0 Å². The third-order valence-electron chi connectivity index (χ3n) is 5.76. The fourth-order valence-corrected chi connectivity index (χ4v) is 4.35. The summed E-state index contributed by atoms with van der Waals surface area (Å²) in [7, 11) is 0.